The molecule has 0 aromatic carbocycles. The summed E-state index contributed by atoms with van der Waals surface area (Å²) in [7, 11) is 1.55. The molecule has 0 aliphatic carbocycles. The molecule has 2 heterocycles. The minimum absolute atomic E-state index is 0.248. The minimum Gasteiger partial charge on any atom is -0.384 e. The zero-order chi connectivity index (χ0) is 12.4. The Hall–Kier alpha value is -2.44. The van der Waals surface area contributed by atoms with Crippen LogP contribution in [-0.4, -0.2) is 32.7 Å². The smallest absolute Gasteiger partial charge is 0.271 e. The Balaban J connectivity index is 2.40. The Labute approximate surface area is 97.7 Å². The normalized spacial score (nSPS) is 10.2. The van der Waals surface area contributed by atoms with Crippen molar-refractivity contribution in [1.82, 2.24) is 25.1 Å². The summed E-state index contributed by atoms with van der Waals surface area (Å²) in [6, 6.07) is 3.19. The first-order valence-electron chi connectivity index (χ1n) is 4.99. The maximum absolute atomic E-state index is 11.3. The number of nitrogens with two attached hydrogens (primary N) is 1. The lowest BCUT2D eigenvalue weighted by Crippen LogP contribution is -2.18. The van der Waals surface area contributed by atoms with Crippen LogP contribution in [0.2, 0.25) is 0 Å². The van der Waals surface area contributed by atoms with E-state index in [-0.39, 0.29) is 5.91 Å². The van der Waals surface area contributed by atoms with Crippen molar-refractivity contribution in [2.45, 2.75) is 6.92 Å². The van der Waals surface area contributed by atoms with Crippen molar-refractivity contribution < 1.29 is 4.79 Å². The number of carbonyl (C=O) groups excluding carboxylic acids is 1. The Morgan fingerprint density at radius 3 is 2.88 bits per heavy atom. The molecule has 0 aliphatic rings. The van der Waals surface area contributed by atoms with Gasteiger partial charge in [-0.1, -0.05) is 0 Å². The Bertz CT molecular complexity index is 541. The van der Waals surface area contributed by atoms with Crippen LogP contribution in [0.5, 0.6) is 0 Å². The van der Waals surface area contributed by atoms with Gasteiger partial charge in [-0.15, -0.1) is 0 Å². The van der Waals surface area contributed by atoms with E-state index in [0.717, 1.165) is 0 Å². The van der Waals surface area contributed by atoms with Crippen molar-refractivity contribution in [2.75, 3.05) is 12.8 Å². The molecule has 0 saturated carbocycles. The molecule has 0 atom stereocenters. The molecule has 7 heteroatoms. The summed E-state index contributed by atoms with van der Waals surface area (Å²) < 4.78 is 1.48. The van der Waals surface area contributed by atoms with Crippen molar-refractivity contribution in [1.29, 1.82) is 0 Å². The van der Waals surface area contributed by atoms with E-state index in [1.807, 2.05) is 0 Å². The number of carbonyl (C=O) groups is 1. The van der Waals surface area contributed by atoms with Crippen LogP contribution in [0.3, 0.4) is 0 Å². The highest BCUT2D eigenvalue weighted by atomic mass is 16.1. The van der Waals surface area contributed by atoms with Gasteiger partial charge in [0.15, 0.2) is 11.5 Å². The minimum atomic E-state index is -0.248. The highest BCUT2D eigenvalue weighted by molar-refractivity contribution is 5.91. The van der Waals surface area contributed by atoms with Crippen LogP contribution in [0.25, 0.3) is 5.82 Å². The number of nitrogens with one attached hydrogen (secondary N) is 1. The first kappa shape index (κ1) is 11.1. The van der Waals surface area contributed by atoms with E-state index in [1.54, 1.807) is 32.3 Å². The fourth-order valence-electron chi connectivity index (χ4n) is 1.39. The van der Waals surface area contributed by atoms with E-state index >= 15 is 0 Å². The average Bonchev–Trinajstić information content (AvgIpc) is 2.76. The number of nitrogens with zero attached hydrogens (tertiary/aromatic N) is 4. The first-order chi connectivity index (χ1) is 8.10. The number of hydrogen-bond donors (Lipinski definition) is 2. The summed E-state index contributed by atoms with van der Waals surface area (Å²) in [4.78, 5) is 19.5. The fourth-order valence-corrected chi connectivity index (χ4v) is 1.39. The van der Waals surface area contributed by atoms with Gasteiger partial charge in [-0.25, -0.2) is 14.6 Å². The second-order valence-electron chi connectivity index (χ2n) is 3.42. The standard InChI is InChI=1S/C10H12N6O/c1-6-13-8(11)5-9(14-6)16-4-3-7(15-16)10(17)12-2/h3-5H,1-2H3,(H,12,17)(H2,11,13,14). The van der Waals surface area contributed by atoms with E-state index in [4.69, 9.17) is 5.73 Å². The lowest BCUT2D eigenvalue weighted by atomic mass is 10.4. The average molecular weight is 232 g/mol. The molecule has 2 aromatic rings. The molecule has 7 nitrogen and oxygen atoms in total. The maximum atomic E-state index is 11.3. The predicted octanol–water partition coefficient (Wildman–Crippen LogP) is -0.0875. The lowest BCUT2D eigenvalue weighted by Gasteiger charge is -2.02. The van der Waals surface area contributed by atoms with Gasteiger partial charge in [0.25, 0.3) is 5.91 Å². The molecule has 2 aromatic heterocycles. The molecule has 0 unspecified atom stereocenters. The zero-order valence-corrected chi connectivity index (χ0v) is 9.51. The van der Waals surface area contributed by atoms with Gasteiger partial charge in [-0.05, 0) is 13.0 Å². The quantitative estimate of drug-likeness (QED) is 0.754. The van der Waals surface area contributed by atoms with Crippen LogP contribution >= 0.6 is 0 Å². The molecule has 2 rings (SSSR count). The number of amides is 1. The Morgan fingerprint density at radius 2 is 2.24 bits per heavy atom. The van der Waals surface area contributed by atoms with Crippen LogP contribution in [0.1, 0.15) is 16.3 Å². The molecule has 0 aliphatic heterocycles. The van der Waals surface area contributed by atoms with Gasteiger partial charge in [0, 0.05) is 19.3 Å². The van der Waals surface area contributed by atoms with Crippen molar-refractivity contribution in [3.63, 3.8) is 0 Å². The van der Waals surface area contributed by atoms with Gasteiger partial charge >= 0.3 is 0 Å². The summed E-state index contributed by atoms with van der Waals surface area (Å²) in [5, 5.41) is 6.59. The van der Waals surface area contributed by atoms with Crippen molar-refractivity contribution >= 4 is 11.7 Å². The van der Waals surface area contributed by atoms with Crippen molar-refractivity contribution in [3.05, 3.63) is 29.8 Å². The molecule has 17 heavy (non-hydrogen) atoms. The van der Waals surface area contributed by atoms with E-state index in [2.05, 4.69) is 20.4 Å². The summed E-state index contributed by atoms with van der Waals surface area (Å²) in [6.45, 7) is 1.74. The van der Waals surface area contributed by atoms with E-state index in [1.165, 1.54) is 4.68 Å². The number of rotatable bonds is 2. The third-order valence-corrected chi connectivity index (χ3v) is 2.13. The van der Waals surface area contributed by atoms with Crippen LogP contribution in [0.15, 0.2) is 18.3 Å². The molecular weight excluding hydrogens is 220 g/mol. The molecule has 0 saturated heterocycles. The molecule has 88 valence electrons. The second kappa shape index (κ2) is 4.20. The highest BCUT2D eigenvalue weighted by Crippen LogP contribution is 2.08. The van der Waals surface area contributed by atoms with Gasteiger partial charge in [0.1, 0.15) is 11.6 Å². The van der Waals surface area contributed by atoms with Crippen molar-refractivity contribution in [3.8, 4) is 5.82 Å². The summed E-state index contributed by atoms with van der Waals surface area (Å²) in [5.41, 5.74) is 5.94. The fraction of sp³-hybridized carbons (Fsp3) is 0.200. The number of aromatic nitrogens is 4. The SMILES string of the molecule is CNC(=O)c1ccn(-c2cc(N)nc(C)n2)n1. The molecule has 0 fully saturated rings. The number of nitrogen functional groups attached to an aromatic ring is 1. The monoisotopic (exact) mass is 232 g/mol. The maximum Gasteiger partial charge on any atom is 0.271 e. The van der Waals surface area contributed by atoms with Gasteiger partial charge in [0.2, 0.25) is 0 Å². The number of hydrogen-bond acceptors (Lipinski definition) is 5. The number of aryl methyl sites for hydroxylation is 1. The van der Waals surface area contributed by atoms with Crippen LogP contribution in [-0.2, 0) is 0 Å². The summed E-state index contributed by atoms with van der Waals surface area (Å²) in [5.74, 6) is 1.20. The third-order valence-electron chi connectivity index (χ3n) is 2.13. The van der Waals surface area contributed by atoms with Crippen LogP contribution < -0.4 is 11.1 Å². The van der Waals surface area contributed by atoms with Crippen LogP contribution in [0, 0.1) is 6.92 Å². The molecular formula is C10H12N6O. The largest absolute Gasteiger partial charge is 0.384 e. The van der Waals surface area contributed by atoms with Gasteiger partial charge in [-0.2, -0.15) is 5.10 Å². The number of anilines is 1. The first-order valence-corrected chi connectivity index (χ1v) is 4.99. The third kappa shape index (κ3) is 2.22. The molecule has 0 spiro atoms. The zero-order valence-electron chi connectivity index (χ0n) is 9.51. The molecule has 0 radical (unpaired) electrons. The summed E-state index contributed by atoms with van der Waals surface area (Å²) >= 11 is 0. The Kier molecular flexibility index (Phi) is 2.73. The molecule has 1 amide bonds. The van der Waals surface area contributed by atoms with E-state index in [9.17, 15) is 4.79 Å². The van der Waals surface area contributed by atoms with Gasteiger partial charge in [-0.3, -0.25) is 4.79 Å². The highest BCUT2D eigenvalue weighted by Gasteiger charge is 2.09. The van der Waals surface area contributed by atoms with E-state index < -0.39 is 0 Å². The van der Waals surface area contributed by atoms with Crippen molar-refractivity contribution in [2.24, 2.45) is 0 Å². The predicted molar refractivity (Wildman–Crippen MR) is 61.7 cm³/mol. The van der Waals surface area contributed by atoms with Gasteiger partial charge in [0.05, 0.1) is 0 Å². The topological polar surface area (TPSA) is 98.7 Å². The summed E-state index contributed by atoms with van der Waals surface area (Å²) in [6.07, 6.45) is 1.64. The Morgan fingerprint density at radius 1 is 1.47 bits per heavy atom. The van der Waals surface area contributed by atoms with Gasteiger partial charge < -0.3 is 11.1 Å². The van der Waals surface area contributed by atoms with Crippen LogP contribution in [0.4, 0.5) is 5.82 Å². The molecule has 0 bridgehead atoms. The molecule has 3 N–H and O–H groups in total. The van der Waals surface area contributed by atoms with E-state index in [0.29, 0.717) is 23.2 Å². The lowest BCUT2D eigenvalue weighted by molar-refractivity contribution is 0.0957. The second-order valence-corrected chi connectivity index (χ2v) is 3.42.